The largest absolute Gasteiger partial charge is 0.497 e. The summed E-state index contributed by atoms with van der Waals surface area (Å²) in [6.07, 6.45) is 3.53. The average molecular weight is 398 g/mol. The van der Waals surface area contributed by atoms with E-state index in [-0.39, 0.29) is 12.5 Å². The number of hydrazone groups is 1. The van der Waals surface area contributed by atoms with Crippen molar-refractivity contribution in [3.63, 3.8) is 0 Å². The normalized spacial score (nSPS) is 10.8. The number of amides is 1. The van der Waals surface area contributed by atoms with Crippen LogP contribution in [-0.2, 0) is 4.79 Å². The highest BCUT2D eigenvalue weighted by Gasteiger charge is 2.05. The molecule has 144 valence electrons. The molecule has 1 heterocycles. The molecular formula is C21H20ClN3O3. The molecule has 0 spiro atoms. The number of ether oxygens (including phenoxy) is 2. The predicted molar refractivity (Wildman–Crippen MR) is 110 cm³/mol. The fourth-order valence-electron chi connectivity index (χ4n) is 2.61. The van der Waals surface area contributed by atoms with Gasteiger partial charge in [-0.05, 0) is 55.5 Å². The second-order valence-electron chi connectivity index (χ2n) is 6.02. The number of benzene rings is 2. The van der Waals surface area contributed by atoms with Gasteiger partial charge in [0.25, 0.3) is 5.91 Å². The molecule has 1 N–H and O–H groups in total. The average Bonchev–Trinajstić information content (AvgIpc) is 3.07. The zero-order chi connectivity index (χ0) is 19.9. The Bertz CT molecular complexity index is 981. The molecule has 0 aliphatic heterocycles. The van der Waals surface area contributed by atoms with Gasteiger partial charge in [-0.25, -0.2) is 5.43 Å². The Hall–Kier alpha value is -3.25. The first-order valence-electron chi connectivity index (χ1n) is 8.59. The minimum Gasteiger partial charge on any atom is -0.497 e. The van der Waals surface area contributed by atoms with E-state index in [2.05, 4.69) is 10.5 Å². The topological polar surface area (TPSA) is 64.8 Å². The number of aryl methyl sites for hydroxylation is 1. The number of hydrogen-bond donors (Lipinski definition) is 1. The highest BCUT2D eigenvalue weighted by Crippen LogP contribution is 2.18. The van der Waals surface area contributed by atoms with E-state index in [0.717, 1.165) is 22.7 Å². The van der Waals surface area contributed by atoms with E-state index in [1.807, 2.05) is 48.0 Å². The molecule has 2 aromatic carbocycles. The van der Waals surface area contributed by atoms with Gasteiger partial charge in [0, 0.05) is 28.2 Å². The smallest absolute Gasteiger partial charge is 0.277 e. The number of carbonyl (C=O) groups excluding carboxylic acids is 1. The van der Waals surface area contributed by atoms with E-state index in [4.69, 9.17) is 21.1 Å². The summed E-state index contributed by atoms with van der Waals surface area (Å²) in [7, 11) is 1.64. The third-order valence-electron chi connectivity index (χ3n) is 3.95. The SMILES string of the molecule is COc1ccc(-n2cc(/C=N/NC(=O)COc3cccc(Cl)c3)cc2C)cc1. The molecule has 0 fully saturated rings. The van der Waals surface area contributed by atoms with Crippen LogP contribution < -0.4 is 14.9 Å². The number of hydrogen-bond acceptors (Lipinski definition) is 4. The number of aromatic nitrogens is 1. The number of nitrogens with one attached hydrogen (secondary N) is 1. The van der Waals surface area contributed by atoms with Gasteiger partial charge in [-0.3, -0.25) is 4.79 Å². The van der Waals surface area contributed by atoms with Crippen molar-refractivity contribution in [2.45, 2.75) is 6.92 Å². The van der Waals surface area contributed by atoms with Crippen molar-refractivity contribution >= 4 is 23.7 Å². The highest BCUT2D eigenvalue weighted by molar-refractivity contribution is 6.30. The molecule has 1 aromatic heterocycles. The number of rotatable bonds is 7. The fourth-order valence-corrected chi connectivity index (χ4v) is 2.79. The molecule has 0 radical (unpaired) electrons. The molecule has 1 amide bonds. The summed E-state index contributed by atoms with van der Waals surface area (Å²) in [5.41, 5.74) is 5.37. The summed E-state index contributed by atoms with van der Waals surface area (Å²) in [6.45, 7) is 1.85. The lowest BCUT2D eigenvalue weighted by Gasteiger charge is -2.06. The van der Waals surface area contributed by atoms with Crippen LogP contribution in [0.15, 0.2) is 65.9 Å². The van der Waals surface area contributed by atoms with Crippen LogP contribution in [0.2, 0.25) is 5.02 Å². The van der Waals surface area contributed by atoms with Crippen molar-refractivity contribution in [2.75, 3.05) is 13.7 Å². The molecule has 3 aromatic rings. The van der Waals surface area contributed by atoms with Gasteiger partial charge >= 0.3 is 0 Å². The lowest BCUT2D eigenvalue weighted by molar-refractivity contribution is -0.123. The molecule has 0 aliphatic rings. The summed E-state index contributed by atoms with van der Waals surface area (Å²) in [4.78, 5) is 11.8. The highest BCUT2D eigenvalue weighted by atomic mass is 35.5. The zero-order valence-electron chi connectivity index (χ0n) is 15.6. The van der Waals surface area contributed by atoms with Crippen LogP contribution in [0.4, 0.5) is 0 Å². The van der Waals surface area contributed by atoms with Gasteiger partial charge in [0.2, 0.25) is 0 Å². The van der Waals surface area contributed by atoms with E-state index in [0.29, 0.717) is 10.8 Å². The van der Waals surface area contributed by atoms with Crippen molar-refractivity contribution < 1.29 is 14.3 Å². The van der Waals surface area contributed by atoms with Crippen LogP contribution in [-0.4, -0.2) is 30.4 Å². The Kier molecular flexibility index (Phi) is 6.34. The predicted octanol–water partition coefficient (Wildman–Crippen LogP) is 3.98. The lowest BCUT2D eigenvalue weighted by Crippen LogP contribution is -2.24. The first-order valence-corrected chi connectivity index (χ1v) is 8.96. The van der Waals surface area contributed by atoms with E-state index in [1.165, 1.54) is 0 Å². The van der Waals surface area contributed by atoms with Crippen molar-refractivity contribution in [3.8, 4) is 17.2 Å². The van der Waals surface area contributed by atoms with Crippen LogP contribution in [0.5, 0.6) is 11.5 Å². The summed E-state index contributed by atoms with van der Waals surface area (Å²) in [5, 5.41) is 4.53. The van der Waals surface area contributed by atoms with E-state index in [1.54, 1.807) is 37.6 Å². The van der Waals surface area contributed by atoms with Crippen molar-refractivity contribution in [1.82, 2.24) is 9.99 Å². The Morgan fingerprint density at radius 3 is 2.68 bits per heavy atom. The molecule has 0 aliphatic carbocycles. The van der Waals surface area contributed by atoms with Crippen molar-refractivity contribution in [3.05, 3.63) is 77.1 Å². The molecule has 0 bridgehead atoms. The van der Waals surface area contributed by atoms with Crippen LogP contribution in [0.25, 0.3) is 5.69 Å². The van der Waals surface area contributed by atoms with Gasteiger partial charge in [-0.15, -0.1) is 0 Å². The van der Waals surface area contributed by atoms with Gasteiger partial charge in [-0.2, -0.15) is 5.10 Å². The van der Waals surface area contributed by atoms with Gasteiger partial charge < -0.3 is 14.0 Å². The first-order chi connectivity index (χ1) is 13.5. The molecule has 7 heteroatoms. The summed E-state index contributed by atoms with van der Waals surface area (Å²) in [5.74, 6) is 0.972. The zero-order valence-corrected chi connectivity index (χ0v) is 16.3. The maximum atomic E-state index is 11.8. The van der Waals surface area contributed by atoms with Crippen LogP contribution in [0.1, 0.15) is 11.3 Å². The van der Waals surface area contributed by atoms with Gasteiger partial charge in [0.1, 0.15) is 11.5 Å². The number of halogens is 1. The minimum atomic E-state index is -0.359. The van der Waals surface area contributed by atoms with Crippen LogP contribution >= 0.6 is 11.6 Å². The molecule has 28 heavy (non-hydrogen) atoms. The second-order valence-corrected chi connectivity index (χ2v) is 6.46. The van der Waals surface area contributed by atoms with Crippen molar-refractivity contribution in [1.29, 1.82) is 0 Å². The van der Waals surface area contributed by atoms with Crippen LogP contribution in [0, 0.1) is 6.92 Å². The van der Waals surface area contributed by atoms with E-state index >= 15 is 0 Å². The van der Waals surface area contributed by atoms with Gasteiger partial charge in [-0.1, -0.05) is 17.7 Å². The van der Waals surface area contributed by atoms with E-state index in [9.17, 15) is 4.79 Å². The van der Waals surface area contributed by atoms with Gasteiger partial charge in [0.05, 0.1) is 13.3 Å². The molecular weight excluding hydrogens is 378 g/mol. The van der Waals surface area contributed by atoms with Crippen LogP contribution in [0.3, 0.4) is 0 Å². The molecule has 0 saturated heterocycles. The monoisotopic (exact) mass is 397 g/mol. The number of carbonyl (C=O) groups is 1. The Labute approximate surface area is 168 Å². The number of methoxy groups -OCH3 is 1. The van der Waals surface area contributed by atoms with Crippen molar-refractivity contribution in [2.24, 2.45) is 5.10 Å². The van der Waals surface area contributed by atoms with E-state index < -0.39 is 0 Å². The lowest BCUT2D eigenvalue weighted by atomic mass is 10.3. The quantitative estimate of drug-likeness (QED) is 0.484. The Morgan fingerprint density at radius 1 is 1.18 bits per heavy atom. The Morgan fingerprint density at radius 2 is 1.96 bits per heavy atom. The minimum absolute atomic E-state index is 0.149. The molecule has 0 atom stereocenters. The molecule has 0 saturated carbocycles. The fraction of sp³-hybridized carbons (Fsp3) is 0.143. The summed E-state index contributed by atoms with van der Waals surface area (Å²) < 4.78 is 12.6. The standard InChI is InChI=1S/C21H20ClN3O3/c1-15-10-16(13-25(15)18-6-8-19(27-2)9-7-18)12-23-24-21(26)14-28-20-5-3-4-17(22)11-20/h3-13H,14H2,1-2H3,(H,24,26)/b23-12+. The van der Waals surface area contributed by atoms with Gasteiger partial charge in [0.15, 0.2) is 6.61 Å². The maximum absolute atomic E-state index is 11.8. The summed E-state index contributed by atoms with van der Waals surface area (Å²) in [6, 6.07) is 16.6. The maximum Gasteiger partial charge on any atom is 0.277 e. The molecule has 3 rings (SSSR count). The Balaban J connectivity index is 1.56. The third-order valence-corrected chi connectivity index (χ3v) is 4.19. The number of nitrogens with zero attached hydrogens (tertiary/aromatic N) is 2. The molecule has 0 unspecified atom stereocenters. The second kappa shape index (κ2) is 9.10. The summed E-state index contributed by atoms with van der Waals surface area (Å²) >= 11 is 5.87. The molecule has 6 nitrogen and oxygen atoms in total. The first kappa shape index (κ1) is 19.5. The third kappa shape index (κ3) is 5.14.